The summed E-state index contributed by atoms with van der Waals surface area (Å²) in [5, 5.41) is 12.9. The smallest absolute Gasteiger partial charge is 0.307 e. The Kier molecular flexibility index (Phi) is 11.3. The van der Waals surface area contributed by atoms with E-state index in [1.807, 2.05) is 0 Å². The summed E-state index contributed by atoms with van der Waals surface area (Å²) in [6, 6.07) is 5.89. The molecule has 178 valence electrons. The molecule has 0 aliphatic carbocycles. The van der Waals surface area contributed by atoms with E-state index in [2.05, 4.69) is 78.6 Å². The van der Waals surface area contributed by atoms with Crippen molar-refractivity contribution in [2.24, 2.45) is 0 Å². The summed E-state index contributed by atoms with van der Waals surface area (Å²) in [4.78, 5) is 17.1. The zero-order chi connectivity index (χ0) is 23.3. The largest absolute Gasteiger partial charge is 0.326 e. The summed E-state index contributed by atoms with van der Waals surface area (Å²) < 4.78 is 0. The Morgan fingerprint density at radius 1 is 0.875 bits per heavy atom. The zero-order valence-corrected chi connectivity index (χ0v) is 20.8. The van der Waals surface area contributed by atoms with E-state index < -0.39 is 0 Å². The Morgan fingerprint density at radius 2 is 1.44 bits per heavy atom. The Balaban J connectivity index is 1.79. The SMILES string of the molecule is CCCCCCCCCCCc1nc(NC(=O)Nc2c(C(C)C)cccc2C(C)C)n[nH]1. The van der Waals surface area contributed by atoms with Gasteiger partial charge in [0.15, 0.2) is 0 Å². The molecule has 0 bridgehead atoms. The zero-order valence-electron chi connectivity index (χ0n) is 20.8. The third kappa shape index (κ3) is 8.64. The molecule has 2 aromatic rings. The van der Waals surface area contributed by atoms with Gasteiger partial charge < -0.3 is 5.32 Å². The van der Waals surface area contributed by atoms with Crippen molar-refractivity contribution in [3.05, 3.63) is 35.2 Å². The molecule has 0 spiro atoms. The number of benzene rings is 1. The minimum atomic E-state index is -0.311. The summed E-state index contributed by atoms with van der Waals surface area (Å²) in [6.07, 6.45) is 12.5. The van der Waals surface area contributed by atoms with Crippen molar-refractivity contribution in [3.8, 4) is 0 Å². The maximum atomic E-state index is 12.7. The molecule has 1 heterocycles. The molecular weight excluding hydrogens is 398 g/mol. The highest BCUT2D eigenvalue weighted by molar-refractivity contribution is 5.99. The van der Waals surface area contributed by atoms with E-state index in [0.29, 0.717) is 17.8 Å². The molecule has 0 aliphatic heterocycles. The van der Waals surface area contributed by atoms with Gasteiger partial charge in [-0.05, 0) is 29.4 Å². The molecule has 0 radical (unpaired) electrons. The first-order chi connectivity index (χ1) is 15.4. The van der Waals surface area contributed by atoms with Gasteiger partial charge in [0.2, 0.25) is 5.95 Å². The molecule has 2 rings (SSSR count). The Hall–Kier alpha value is -2.37. The maximum absolute atomic E-state index is 12.7. The second-order valence-electron chi connectivity index (χ2n) is 9.38. The molecule has 0 aliphatic rings. The van der Waals surface area contributed by atoms with Gasteiger partial charge in [0.05, 0.1) is 0 Å². The molecule has 2 amide bonds. The molecule has 32 heavy (non-hydrogen) atoms. The first kappa shape index (κ1) is 25.9. The third-order valence-electron chi connectivity index (χ3n) is 5.89. The Labute approximate surface area is 194 Å². The fourth-order valence-corrected chi connectivity index (χ4v) is 4.01. The highest BCUT2D eigenvalue weighted by atomic mass is 16.2. The van der Waals surface area contributed by atoms with Crippen LogP contribution >= 0.6 is 0 Å². The van der Waals surface area contributed by atoms with Crippen LogP contribution in [0.25, 0.3) is 0 Å². The number of nitrogens with zero attached hydrogens (tertiary/aromatic N) is 2. The highest BCUT2D eigenvalue weighted by Crippen LogP contribution is 2.32. The van der Waals surface area contributed by atoms with Crippen LogP contribution in [0, 0.1) is 0 Å². The number of aryl methyl sites for hydroxylation is 1. The molecule has 0 atom stereocenters. The quantitative estimate of drug-likeness (QED) is 0.262. The summed E-state index contributed by atoms with van der Waals surface area (Å²) in [5.41, 5.74) is 3.15. The molecule has 1 aromatic carbocycles. The topological polar surface area (TPSA) is 82.7 Å². The van der Waals surface area contributed by atoms with Crippen LogP contribution in [0.2, 0.25) is 0 Å². The second kappa shape index (κ2) is 13.9. The van der Waals surface area contributed by atoms with E-state index in [1.54, 1.807) is 0 Å². The summed E-state index contributed by atoms with van der Waals surface area (Å²) in [6.45, 7) is 10.8. The minimum absolute atomic E-state index is 0.311. The number of aromatic nitrogens is 3. The molecule has 0 saturated heterocycles. The number of unbranched alkanes of at least 4 members (excludes halogenated alkanes) is 8. The van der Waals surface area contributed by atoms with E-state index in [-0.39, 0.29) is 6.03 Å². The van der Waals surface area contributed by atoms with E-state index in [9.17, 15) is 4.79 Å². The number of nitrogens with one attached hydrogen (secondary N) is 3. The number of hydrogen-bond donors (Lipinski definition) is 3. The Bertz CT molecular complexity index is 786. The predicted molar refractivity (Wildman–Crippen MR) is 135 cm³/mol. The lowest BCUT2D eigenvalue weighted by Gasteiger charge is -2.20. The molecular formula is C26H43N5O. The Morgan fingerprint density at radius 3 is 2.00 bits per heavy atom. The molecule has 6 nitrogen and oxygen atoms in total. The fourth-order valence-electron chi connectivity index (χ4n) is 4.01. The highest BCUT2D eigenvalue weighted by Gasteiger charge is 2.16. The molecule has 3 N–H and O–H groups in total. The third-order valence-corrected chi connectivity index (χ3v) is 5.89. The van der Waals surface area contributed by atoms with Gasteiger partial charge in [0.1, 0.15) is 5.82 Å². The van der Waals surface area contributed by atoms with Crippen LogP contribution in [0.5, 0.6) is 0 Å². The minimum Gasteiger partial charge on any atom is -0.307 e. The first-order valence-electron chi connectivity index (χ1n) is 12.5. The van der Waals surface area contributed by atoms with E-state index in [1.165, 1.54) is 51.4 Å². The molecule has 1 aromatic heterocycles. The van der Waals surface area contributed by atoms with E-state index in [4.69, 9.17) is 0 Å². The van der Waals surface area contributed by atoms with Gasteiger partial charge in [-0.15, -0.1) is 5.10 Å². The molecule has 0 saturated carbocycles. The number of carbonyl (C=O) groups excluding carboxylic acids is 1. The summed E-state index contributed by atoms with van der Waals surface area (Å²) in [5.74, 6) is 1.78. The van der Waals surface area contributed by atoms with Crippen LogP contribution in [-0.4, -0.2) is 21.2 Å². The van der Waals surface area contributed by atoms with Gasteiger partial charge >= 0.3 is 6.03 Å². The van der Waals surface area contributed by atoms with Crippen molar-refractivity contribution in [1.82, 2.24) is 15.2 Å². The van der Waals surface area contributed by atoms with Crippen LogP contribution in [0.4, 0.5) is 16.4 Å². The van der Waals surface area contributed by atoms with Crippen molar-refractivity contribution < 1.29 is 4.79 Å². The average molecular weight is 442 g/mol. The monoisotopic (exact) mass is 441 g/mol. The van der Waals surface area contributed by atoms with Gasteiger partial charge in [-0.1, -0.05) is 104 Å². The maximum Gasteiger partial charge on any atom is 0.326 e. The number of hydrogen-bond acceptors (Lipinski definition) is 3. The van der Waals surface area contributed by atoms with Crippen LogP contribution in [0.3, 0.4) is 0 Å². The number of rotatable bonds is 14. The number of urea groups is 1. The lowest BCUT2D eigenvalue weighted by Crippen LogP contribution is -2.22. The lowest BCUT2D eigenvalue weighted by atomic mass is 9.93. The van der Waals surface area contributed by atoms with Crippen LogP contribution in [0.15, 0.2) is 18.2 Å². The average Bonchev–Trinajstić information content (AvgIpc) is 3.19. The molecule has 6 heteroatoms. The van der Waals surface area contributed by atoms with Crippen LogP contribution in [0.1, 0.15) is 121 Å². The van der Waals surface area contributed by atoms with Gasteiger partial charge in [0.25, 0.3) is 0 Å². The lowest BCUT2D eigenvalue weighted by molar-refractivity contribution is 0.262. The number of H-pyrrole nitrogens is 1. The van der Waals surface area contributed by atoms with Crippen LogP contribution < -0.4 is 10.6 Å². The van der Waals surface area contributed by atoms with Gasteiger partial charge in [-0.3, -0.25) is 10.4 Å². The number of para-hydroxylation sites is 1. The standard InChI is InChI=1S/C26H43N5O/c1-6-7-8-9-10-11-12-13-14-18-23-27-25(31-30-23)29-26(32)28-24-21(19(2)3)16-15-17-22(24)20(4)5/h15-17,19-20H,6-14,18H2,1-5H3,(H3,27,28,29,30,31,32). The van der Waals surface area contributed by atoms with Crippen molar-refractivity contribution in [2.45, 2.75) is 111 Å². The first-order valence-corrected chi connectivity index (χ1v) is 12.5. The van der Waals surface area contributed by atoms with E-state index >= 15 is 0 Å². The number of carbonyl (C=O) groups is 1. The van der Waals surface area contributed by atoms with Gasteiger partial charge in [0, 0.05) is 12.1 Å². The fraction of sp³-hybridized carbons (Fsp3) is 0.654. The predicted octanol–water partition coefficient (Wildman–Crippen LogP) is 7.77. The van der Waals surface area contributed by atoms with Crippen LogP contribution in [-0.2, 0) is 6.42 Å². The number of aromatic amines is 1. The molecule has 0 fully saturated rings. The van der Waals surface area contributed by atoms with Crippen molar-refractivity contribution in [1.29, 1.82) is 0 Å². The number of amides is 2. The summed E-state index contributed by atoms with van der Waals surface area (Å²) in [7, 11) is 0. The number of anilines is 2. The summed E-state index contributed by atoms with van der Waals surface area (Å²) >= 11 is 0. The van der Waals surface area contributed by atoms with Crippen molar-refractivity contribution in [3.63, 3.8) is 0 Å². The van der Waals surface area contributed by atoms with Gasteiger partial charge in [-0.2, -0.15) is 4.98 Å². The van der Waals surface area contributed by atoms with Gasteiger partial charge in [-0.25, -0.2) is 4.79 Å². The second-order valence-corrected chi connectivity index (χ2v) is 9.38. The van der Waals surface area contributed by atoms with Crippen molar-refractivity contribution >= 4 is 17.7 Å². The van der Waals surface area contributed by atoms with Crippen molar-refractivity contribution in [2.75, 3.05) is 10.6 Å². The normalized spacial score (nSPS) is 11.3. The molecule has 0 unspecified atom stereocenters. The van der Waals surface area contributed by atoms with E-state index in [0.717, 1.165) is 35.5 Å².